The Morgan fingerprint density at radius 1 is 1.28 bits per heavy atom. The molecule has 0 atom stereocenters. The molecule has 4 nitrogen and oxygen atoms in total. The fourth-order valence-electron chi connectivity index (χ4n) is 1.77. The van der Waals surface area contributed by atoms with E-state index in [1.165, 1.54) is 16.7 Å². The molecule has 1 aromatic carbocycles. The van der Waals surface area contributed by atoms with Crippen molar-refractivity contribution in [1.29, 1.82) is 0 Å². The number of hydrogen-bond acceptors (Lipinski definition) is 2. The highest BCUT2D eigenvalue weighted by molar-refractivity contribution is 5.81. The molecule has 0 saturated heterocycles. The van der Waals surface area contributed by atoms with E-state index in [2.05, 4.69) is 30.4 Å². The zero-order valence-corrected chi connectivity index (χ0v) is 10.8. The Morgan fingerprint density at radius 3 is 2.67 bits per heavy atom. The van der Waals surface area contributed by atoms with Crippen molar-refractivity contribution in [2.24, 2.45) is 0 Å². The molecule has 0 aromatic heterocycles. The molecule has 0 aliphatic heterocycles. The maximum Gasteiger partial charge on any atom is 0.322 e. The van der Waals surface area contributed by atoms with E-state index >= 15 is 0 Å². The summed E-state index contributed by atoms with van der Waals surface area (Å²) < 4.78 is 0. The van der Waals surface area contributed by atoms with Crippen LogP contribution in [0.4, 0.5) is 0 Å². The smallest absolute Gasteiger partial charge is 0.322 e. The summed E-state index contributed by atoms with van der Waals surface area (Å²) in [7, 11) is 0. The molecule has 0 heterocycles. The molecule has 4 heteroatoms. The molecule has 18 heavy (non-hydrogen) atoms. The molecule has 0 unspecified atom stereocenters. The first-order valence-electron chi connectivity index (χ1n) is 6.03. The molecular formula is C14H19NO3. The summed E-state index contributed by atoms with van der Waals surface area (Å²) >= 11 is 0. The van der Waals surface area contributed by atoms with E-state index in [4.69, 9.17) is 5.11 Å². The number of aryl methyl sites for hydroxylation is 3. The Kier molecular flexibility index (Phi) is 5.36. The van der Waals surface area contributed by atoms with Crippen LogP contribution in [-0.2, 0) is 16.0 Å². The minimum Gasteiger partial charge on any atom is -0.480 e. The third kappa shape index (κ3) is 4.99. The SMILES string of the molecule is Cc1ccc(C)c(CCCC(=O)NCC(=O)O)c1. The van der Waals surface area contributed by atoms with Crippen LogP contribution in [0.5, 0.6) is 0 Å². The Labute approximate surface area is 107 Å². The fraction of sp³-hybridized carbons (Fsp3) is 0.429. The quantitative estimate of drug-likeness (QED) is 0.808. The largest absolute Gasteiger partial charge is 0.480 e. The van der Waals surface area contributed by atoms with Crippen molar-refractivity contribution in [3.63, 3.8) is 0 Å². The highest BCUT2D eigenvalue weighted by atomic mass is 16.4. The Balaban J connectivity index is 2.35. The number of carbonyl (C=O) groups is 2. The molecule has 0 saturated carbocycles. The number of carboxylic acid groups (broad SMARTS) is 1. The van der Waals surface area contributed by atoms with E-state index in [1.807, 2.05) is 6.92 Å². The highest BCUT2D eigenvalue weighted by Crippen LogP contribution is 2.13. The van der Waals surface area contributed by atoms with Crippen LogP contribution in [-0.4, -0.2) is 23.5 Å². The summed E-state index contributed by atoms with van der Waals surface area (Å²) in [5, 5.41) is 10.8. The molecule has 0 aliphatic rings. The summed E-state index contributed by atoms with van der Waals surface area (Å²) in [6, 6.07) is 6.28. The predicted octanol–water partition coefficient (Wildman–Crippen LogP) is 1.83. The summed E-state index contributed by atoms with van der Waals surface area (Å²) in [4.78, 5) is 21.6. The number of nitrogens with one attached hydrogen (secondary N) is 1. The van der Waals surface area contributed by atoms with Gasteiger partial charge in [-0.05, 0) is 37.8 Å². The van der Waals surface area contributed by atoms with Crippen LogP contribution >= 0.6 is 0 Å². The lowest BCUT2D eigenvalue weighted by Gasteiger charge is -2.07. The maximum absolute atomic E-state index is 11.3. The van der Waals surface area contributed by atoms with Crippen molar-refractivity contribution >= 4 is 11.9 Å². The average Bonchev–Trinajstić information content (AvgIpc) is 2.31. The van der Waals surface area contributed by atoms with E-state index in [1.54, 1.807) is 0 Å². The lowest BCUT2D eigenvalue weighted by molar-refractivity contribution is -0.137. The van der Waals surface area contributed by atoms with Crippen molar-refractivity contribution in [3.05, 3.63) is 34.9 Å². The van der Waals surface area contributed by atoms with Gasteiger partial charge < -0.3 is 10.4 Å². The third-order valence-electron chi connectivity index (χ3n) is 2.79. The van der Waals surface area contributed by atoms with Crippen molar-refractivity contribution < 1.29 is 14.7 Å². The topological polar surface area (TPSA) is 66.4 Å². The molecule has 1 rings (SSSR count). The monoisotopic (exact) mass is 249 g/mol. The zero-order valence-electron chi connectivity index (χ0n) is 10.8. The molecule has 1 amide bonds. The van der Waals surface area contributed by atoms with Gasteiger partial charge >= 0.3 is 5.97 Å². The van der Waals surface area contributed by atoms with E-state index in [0.29, 0.717) is 6.42 Å². The first-order valence-corrected chi connectivity index (χ1v) is 6.03. The normalized spacial score (nSPS) is 10.1. The van der Waals surface area contributed by atoms with Crippen LogP contribution in [0.3, 0.4) is 0 Å². The summed E-state index contributed by atoms with van der Waals surface area (Å²) in [6.07, 6.45) is 1.93. The molecule has 0 fully saturated rings. The number of rotatable bonds is 6. The van der Waals surface area contributed by atoms with Crippen molar-refractivity contribution in [2.45, 2.75) is 33.1 Å². The summed E-state index contributed by atoms with van der Waals surface area (Å²) in [5.74, 6) is -1.22. The summed E-state index contributed by atoms with van der Waals surface area (Å²) in [5.41, 5.74) is 3.69. The molecule has 98 valence electrons. The van der Waals surface area contributed by atoms with Crippen molar-refractivity contribution in [1.82, 2.24) is 5.32 Å². The number of carbonyl (C=O) groups excluding carboxylic acids is 1. The van der Waals surface area contributed by atoms with Gasteiger partial charge in [0, 0.05) is 6.42 Å². The van der Waals surface area contributed by atoms with Gasteiger partial charge in [-0.25, -0.2) is 0 Å². The second kappa shape index (κ2) is 6.79. The Hall–Kier alpha value is -1.84. The maximum atomic E-state index is 11.3. The van der Waals surface area contributed by atoms with Crippen molar-refractivity contribution in [3.8, 4) is 0 Å². The van der Waals surface area contributed by atoms with Gasteiger partial charge in [-0.2, -0.15) is 0 Å². The second-order valence-electron chi connectivity index (χ2n) is 4.45. The number of aliphatic carboxylic acids is 1. The Bertz CT molecular complexity index is 441. The number of amides is 1. The highest BCUT2D eigenvalue weighted by Gasteiger charge is 2.05. The first-order chi connectivity index (χ1) is 8.49. The Morgan fingerprint density at radius 2 is 2.00 bits per heavy atom. The van der Waals surface area contributed by atoms with Gasteiger partial charge in [0.25, 0.3) is 0 Å². The molecule has 0 radical (unpaired) electrons. The fourth-order valence-corrected chi connectivity index (χ4v) is 1.77. The van der Waals surface area contributed by atoms with E-state index in [-0.39, 0.29) is 12.5 Å². The average molecular weight is 249 g/mol. The molecular weight excluding hydrogens is 230 g/mol. The molecule has 0 aliphatic carbocycles. The molecule has 1 aromatic rings. The standard InChI is InChI=1S/C14H19NO3/c1-10-6-7-11(2)12(8-10)4-3-5-13(16)15-9-14(17)18/h6-8H,3-5,9H2,1-2H3,(H,15,16)(H,17,18). The van der Waals surface area contributed by atoms with Crippen LogP contribution in [0, 0.1) is 13.8 Å². The minimum atomic E-state index is -1.02. The lowest BCUT2D eigenvalue weighted by Crippen LogP contribution is -2.29. The minimum absolute atomic E-state index is 0.206. The zero-order chi connectivity index (χ0) is 13.5. The molecule has 2 N–H and O–H groups in total. The van der Waals surface area contributed by atoms with Crippen LogP contribution in [0.15, 0.2) is 18.2 Å². The van der Waals surface area contributed by atoms with E-state index in [9.17, 15) is 9.59 Å². The van der Waals surface area contributed by atoms with Gasteiger partial charge in [0.2, 0.25) is 5.91 Å². The number of benzene rings is 1. The molecule has 0 spiro atoms. The summed E-state index contributed by atoms with van der Waals surface area (Å²) in [6.45, 7) is 3.80. The number of carboxylic acids is 1. The van der Waals surface area contributed by atoms with Crippen LogP contribution in [0.25, 0.3) is 0 Å². The van der Waals surface area contributed by atoms with Crippen LogP contribution < -0.4 is 5.32 Å². The molecule has 0 bridgehead atoms. The predicted molar refractivity (Wildman–Crippen MR) is 69.5 cm³/mol. The van der Waals surface area contributed by atoms with Crippen molar-refractivity contribution in [2.75, 3.05) is 6.54 Å². The van der Waals surface area contributed by atoms with Crippen LogP contribution in [0.1, 0.15) is 29.5 Å². The van der Waals surface area contributed by atoms with Crippen LogP contribution in [0.2, 0.25) is 0 Å². The van der Waals surface area contributed by atoms with Gasteiger partial charge in [0.05, 0.1) is 0 Å². The van der Waals surface area contributed by atoms with Gasteiger partial charge in [0.15, 0.2) is 0 Å². The second-order valence-corrected chi connectivity index (χ2v) is 4.45. The lowest BCUT2D eigenvalue weighted by atomic mass is 10.0. The van der Waals surface area contributed by atoms with Gasteiger partial charge in [-0.3, -0.25) is 9.59 Å². The van der Waals surface area contributed by atoms with Gasteiger partial charge in [-0.15, -0.1) is 0 Å². The first kappa shape index (κ1) is 14.2. The van der Waals surface area contributed by atoms with E-state index in [0.717, 1.165) is 12.8 Å². The number of hydrogen-bond donors (Lipinski definition) is 2. The van der Waals surface area contributed by atoms with E-state index < -0.39 is 5.97 Å². The van der Waals surface area contributed by atoms with Gasteiger partial charge in [-0.1, -0.05) is 23.8 Å². The third-order valence-corrected chi connectivity index (χ3v) is 2.79. The van der Waals surface area contributed by atoms with Gasteiger partial charge in [0.1, 0.15) is 6.54 Å².